The topological polar surface area (TPSA) is 58.2 Å². The summed E-state index contributed by atoms with van der Waals surface area (Å²) in [6.45, 7) is 0. The SMILES string of the molecule is CNC(=O)Cc1cccc(-c2cccc3c2CC(=O)N3)c1. The number of likely N-dealkylation sites (N-methyl/N-ethyl adjacent to an activating group) is 1. The van der Waals surface area contributed by atoms with Crippen molar-refractivity contribution < 1.29 is 9.59 Å². The molecule has 1 heterocycles. The Bertz CT molecular complexity index is 722. The normalized spacial score (nSPS) is 12.7. The van der Waals surface area contributed by atoms with Gasteiger partial charge in [-0.25, -0.2) is 0 Å². The molecule has 21 heavy (non-hydrogen) atoms. The summed E-state index contributed by atoms with van der Waals surface area (Å²) in [7, 11) is 1.63. The zero-order chi connectivity index (χ0) is 14.8. The molecule has 3 rings (SSSR count). The lowest BCUT2D eigenvalue weighted by Gasteiger charge is -2.09. The zero-order valence-electron chi connectivity index (χ0n) is 11.8. The van der Waals surface area contributed by atoms with Crippen molar-refractivity contribution in [2.75, 3.05) is 12.4 Å². The molecule has 1 aliphatic heterocycles. The second-order valence-electron chi connectivity index (χ2n) is 5.11. The molecule has 2 amide bonds. The predicted octanol–water partition coefficient (Wildman–Crippen LogP) is 2.14. The molecule has 0 radical (unpaired) electrons. The van der Waals surface area contributed by atoms with Crippen LogP contribution in [0.5, 0.6) is 0 Å². The average molecular weight is 280 g/mol. The van der Waals surface area contributed by atoms with Gasteiger partial charge in [0.1, 0.15) is 0 Å². The van der Waals surface area contributed by atoms with Crippen molar-refractivity contribution in [2.45, 2.75) is 12.8 Å². The molecule has 106 valence electrons. The van der Waals surface area contributed by atoms with Crippen molar-refractivity contribution in [1.82, 2.24) is 5.32 Å². The number of benzene rings is 2. The summed E-state index contributed by atoms with van der Waals surface area (Å²) in [5.41, 5.74) is 4.95. The number of rotatable bonds is 3. The van der Waals surface area contributed by atoms with Gasteiger partial charge in [-0.2, -0.15) is 0 Å². The third-order valence-electron chi connectivity index (χ3n) is 3.67. The molecule has 0 saturated heterocycles. The van der Waals surface area contributed by atoms with Crippen molar-refractivity contribution >= 4 is 17.5 Å². The Morgan fingerprint density at radius 1 is 1.24 bits per heavy atom. The Hall–Kier alpha value is -2.62. The summed E-state index contributed by atoms with van der Waals surface area (Å²) in [5.74, 6) is 0.0150. The number of carbonyl (C=O) groups excluding carboxylic acids is 2. The van der Waals surface area contributed by atoms with Crippen LogP contribution < -0.4 is 10.6 Å². The summed E-state index contributed by atoms with van der Waals surface area (Å²) >= 11 is 0. The maximum atomic E-state index is 11.6. The molecular weight excluding hydrogens is 264 g/mol. The fourth-order valence-corrected chi connectivity index (χ4v) is 2.64. The molecule has 2 aromatic carbocycles. The second kappa shape index (κ2) is 5.40. The highest BCUT2D eigenvalue weighted by atomic mass is 16.2. The van der Waals surface area contributed by atoms with Gasteiger partial charge in [-0.3, -0.25) is 9.59 Å². The molecule has 0 unspecified atom stereocenters. The number of nitrogens with one attached hydrogen (secondary N) is 2. The summed E-state index contributed by atoms with van der Waals surface area (Å²) in [6.07, 6.45) is 0.766. The van der Waals surface area contributed by atoms with Gasteiger partial charge in [0.2, 0.25) is 11.8 Å². The third kappa shape index (κ3) is 2.65. The van der Waals surface area contributed by atoms with Crippen molar-refractivity contribution in [3.63, 3.8) is 0 Å². The predicted molar refractivity (Wildman–Crippen MR) is 82.0 cm³/mol. The van der Waals surface area contributed by atoms with E-state index in [9.17, 15) is 9.59 Å². The van der Waals surface area contributed by atoms with Gasteiger partial charge in [-0.1, -0.05) is 36.4 Å². The maximum Gasteiger partial charge on any atom is 0.228 e. The summed E-state index contributed by atoms with van der Waals surface area (Å²) < 4.78 is 0. The van der Waals surface area contributed by atoms with Crippen molar-refractivity contribution in [2.24, 2.45) is 0 Å². The quantitative estimate of drug-likeness (QED) is 0.905. The third-order valence-corrected chi connectivity index (χ3v) is 3.67. The fourth-order valence-electron chi connectivity index (χ4n) is 2.64. The Morgan fingerprint density at radius 2 is 2.05 bits per heavy atom. The first-order chi connectivity index (χ1) is 10.2. The minimum absolute atomic E-state index is 0.0118. The van der Waals surface area contributed by atoms with E-state index in [1.54, 1.807) is 7.05 Å². The molecule has 0 aliphatic carbocycles. The van der Waals surface area contributed by atoms with Gasteiger partial charge in [0, 0.05) is 12.7 Å². The lowest BCUT2D eigenvalue weighted by molar-refractivity contribution is -0.120. The first-order valence-corrected chi connectivity index (χ1v) is 6.89. The monoisotopic (exact) mass is 280 g/mol. The molecule has 0 bridgehead atoms. The molecule has 4 heteroatoms. The van der Waals surface area contributed by atoms with Crippen LogP contribution in [0, 0.1) is 0 Å². The van der Waals surface area contributed by atoms with E-state index >= 15 is 0 Å². The summed E-state index contributed by atoms with van der Waals surface area (Å²) in [6, 6.07) is 13.8. The number of hydrogen-bond acceptors (Lipinski definition) is 2. The highest BCUT2D eigenvalue weighted by molar-refractivity contribution is 6.01. The van der Waals surface area contributed by atoms with Gasteiger partial charge in [0.25, 0.3) is 0 Å². The van der Waals surface area contributed by atoms with Crippen LogP contribution in [0.2, 0.25) is 0 Å². The molecule has 0 spiro atoms. The van der Waals surface area contributed by atoms with Crippen LogP contribution in [0.3, 0.4) is 0 Å². The zero-order valence-corrected chi connectivity index (χ0v) is 11.8. The van der Waals surface area contributed by atoms with E-state index in [0.717, 1.165) is 27.9 Å². The molecule has 0 atom stereocenters. The number of anilines is 1. The van der Waals surface area contributed by atoms with Gasteiger partial charge >= 0.3 is 0 Å². The highest BCUT2D eigenvalue weighted by Gasteiger charge is 2.21. The van der Waals surface area contributed by atoms with Crippen molar-refractivity contribution in [3.8, 4) is 11.1 Å². The van der Waals surface area contributed by atoms with E-state index in [4.69, 9.17) is 0 Å². The second-order valence-corrected chi connectivity index (χ2v) is 5.11. The van der Waals surface area contributed by atoms with Crippen LogP contribution in [0.4, 0.5) is 5.69 Å². The minimum Gasteiger partial charge on any atom is -0.359 e. The molecule has 0 saturated carbocycles. The lowest BCUT2D eigenvalue weighted by Crippen LogP contribution is -2.19. The first kappa shape index (κ1) is 13.4. The molecule has 0 fully saturated rings. The lowest BCUT2D eigenvalue weighted by atomic mass is 9.96. The minimum atomic E-state index is -0.0118. The van der Waals surface area contributed by atoms with Gasteiger partial charge in [-0.05, 0) is 28.3 Å². The summed E-state index contributed by atoms with van der Waals surface area (Å²) in [5, 5.41) is 5.49. The van der Waals surface area contributed by atoms with E-state index in [1.165, 1.54) is 0 Å². The molecular formula is C17H16N2O2. The molecule has 4 nitrogen and oxygen atoms in total. The van der Waals surface area contributed by atoms with Crippen molar-refractivity contribution in [3.05, 3.63) is 53.6 Å². The number of amides is 2. The van der Waals surface area contributed by atoms with Gasteiger partial charge in [0.05, 0.1) is 12.8 Å². The van der Waals surface area contributed by atoms with E-state index < -0.39 is 0 Å². The largest absolute Gasteiger partial charge is 0.359 e. The van der Waals surface area contributed by atoms with Crippen LogP contribution in [-0.4, -0.2) is 18.9 Å². The van der Waals surface area contributed by atoms with E-state index in [2.05, 4.69) is 10.6 Å². The Morgan fingerprint density at radius 3 is 2.86 bits per heavy atom. The number of hydrogen-bond donors (Lipinski definition) is 2. The van der Waals surface area contributed by atoms with Gasteiger partial charge < -0.3 is 10.6 Å². The number of carbonyl (C=O) groups is 2. The van der Waals surface area contributed by atoms with E-state index in [1.807, 2.05) is 42.5 Å². The number of fused-ring (bicyclic) bond motifs is 1. The summed E-state index contributed by atoms with van der Waals surface area (Å²) in [4.78, 5) is 23.1. The van der Waals surface area contributed by atoms with Crippen LogP contribution in [-0.2, 0) is 22.4 Å². The van der Waals surface area contributed by atoms with Crippen LogP contribution >= 0.6 is 0 Å². The van der Waals surface area contributed by atoms with Crippen molar-refractivity contribution in [1.29, 1.82) is 0 Å². The van der Waals surface area contributed by atoms with Gasteiger partial charge in [-0.15, -0.1) is 0 Å². The molecule has 2 N–H and O–H groups in total. The molecule has 1 aliphatic rings. The fraction of sp³-hybridized carbons (Fsp3) is 0.176. The Labute approximate surface area is 123 Å². The van der Waals surface area contributed by atoms with E-state index in [-0.39, 0.29) is 11.8 Å². The highest BCUT2D eigenvalue weighted by Crippen LogP contribution is 2.33. The van der Waals surface area contributed by atoms with Crippen LogP contribution in [0.15, 0.2) is 42.5 Å². The Kier molecular flexibility index (Phi) is 3.44. The first-order valence-electron chi connectivity index (χ1n) is 6.89. The molecule has 2 aromatic rings. The van der Waals surface area contributed by atoms with Gasteiger partial charge in [0.15, 0.2) is 0 Å². The average Bonchev–Trinajstić information content (AvgIpc) is 2.87. The molecule has 0 aromatic heterocycles. The standard InChI is InChI=1S/C17H16N2O2/c1-18-16(20)9-11-4-2-5-12(8-11)13-6-3-7-15-14(13)10-17(21)19-15/h2-8H,9-10H2,1H3,(H,18,20)(H,19,21). The van der Waals surface area contributed by atoms with Crippen LogP contribution in [0.1, 0.15) is 11.1 Å². The smallest absolute Gasteiger partial charge is 0.228 e. The Balaban J connectivity index is 1.99. The maximum absolute atomic E-state index is 11.6. The van der Waals surface area contributed by atoms with E-state index in [0.29, 0.717) is 12.8 Å². The van der Waals surface area contributed by atoms with Crippen LogP contribution in [0.25, 0.3) is 11.1 Å².